The number of thiophene rings is 1. The number of nitrogens with one attached hydrogen (secondary N) is 1. The van der Waals surface area contributed by atoms with Crippen LogP contribution in [0, 0.1) is 5.41 Å². The molecule has 1 fully saturated rings. The zero-order valence-corrected chi connectivity index (χ0v) is 11.8. The molecule has 0 radical (unpaired) electrons. The Balaban J connectivity index is 1.64. The van der Waals surface area contributed by atoms with E-state index in [4.69, 9.17) is 0 Å². The largest absolute Gasteiger partial charge is 0.396 e. The van der Waals surface area contributed by atoms with Crippen LogP contribution in [0.3, 0.4) is 0 Å². The number of hydrogen-bond donors (Lipinski definition) is 2. The Hall–Kier alpha value is -0.380. The predicted octanol–water partition coefficient (Wildman–Crippen LogP) is 3.27. The molecule has 1 aromatic rings. The molecule has 1 aromatic heterocycles. The lowest BCUT2D eigenvalue weighted by molar-refractivity contribution is 0.123. The molecule has 1 heterocycles. The Morgan fingerprint density at radius 1 is 1.33 bits per heavy atom. The molecule has 1 unspecified atom stereocenters. The van der Waals surface area contributed by atoms with E-state index in [0.29, 0.717) is 12.6 Å². The average molecular weight is 265 g/mol. The Kier molecular flexibility index (Phi) is 3.73. The summed E-state index contributed by atoms with van der Waals surface area (Å²) in [6, 6.07) is 2.82. The first kappa shape index (κ1) is 12.6. The Morgan fingerprint density at radius 2 is 2.17 bits per heavy atom. The maximum absolute atomic E-state index is 9.66. The molecule has 3 heteroatoms. The second-order valence-corrected chi connectivity index (χ2v) is 6.99. The summed E-state index contributed by atoms with van der Waals surface area (Å²) < 4.78 is 0. The lowest BCUT2D eigenvalue weighted by Crippen LogP contribution is -2.37. The zero-order valence-electron chi connectivity index (χ0n) is 11.0. The fraction of sp³-hybridized carbons (Fsp3) is 0.733. The van der Waals surface area contributed by atoms with Crippen molar-refractivity contribution < 1.29 is 5.11 Å². The molecular weight excluding hydrogens is 242 g/mol. The fourth-order valence-corrected chi connectivity index (χ4v) is 4.54. The Bertz CT molecular complexity index is 395. The quantitative estimate of drug-likeness (QED) is 0.876. The van der Waals surface area contributed by atoms with Crippen molar-refractivity contribution in [3.63, 3.8) is 0 Å². The molecule has 100 valence electrons. The van der Waals surface area contributed by atoms with Crippen molar-refractivity contribution >= 4 is 11.3 Å². The highest BCUT2D eigenvalue weighted by Gasteiger charge is 2.34. The van der Waals surface area contributed by atoms with E-state index in [0.717, 1.165) is 6.54 Å². The van der Waals surface area contributed by atoms with Crippen molar-refractivity contribution in [3.05, 3.63) is 21.9 Å². The topological polar surface area (TPSA) is 32.3 Å². The number of aryl methyl sites for hydroxylation is 1. The first-order valence-corrected chi connectivity index (χ1v) is 8.11. The number of rotatable bonds is 4. The highest BCUT2D eigenvalue weighted by molar-refractivity contribution is 7.10. The van der Waals surface area contributed by atoms with Gasteiger partial charge in [-0.05, 0) is 49.1 Å². The SMILES string of the molecule is OCC1(CNC2CCCc3sccc32)CCCC1. The van der Waals surface area contributed by atoms with Crippen molar-refractivity contribution in [2.75, 3.05) is 13.2 Å². The minimum atomic E-state index is 0.174. The zero-order chi connectivity index (χ0) is 12.4. The molecule has 2 nitrogen and oxygen atoms in total. The summed E-state index contributed by atoms with van der Waals surface area (Å²) >= 11 is 1.90. The van der Waals surface area contributed by atoms with Gasteiger partial charge in [-0.25, -0.2) is 0 Å². The lowest BCUT2D eigenvalue weighted by atomic mass is 9.86. The van der Waals surface area contributed by atoms with Gasteiger partial charge in [0.2, 0.25) is 0 Å². The number of aliphatic hydroxyl groups is 1. The molecule has 0 aliphatic heterocycles. The number of aliphatic hydroxyl groups excluding tert-OH is 1. The second-order valence-electron chi connectivity index (χ2n) is 5.99. The highest BCUT2D eigenvalue weighted by atomic mass is 32.1. The van der Waals surface area contributed by atoms with Gasteiger partial charge in [-0.3, -0.25) is 0 Å². The van der Waals surface area contributed by atoms with Gasteiger partial charge in [-0.15, -0.1) is 11.3 Å². The second kappa shape index (κ2) is 5.32. The summed E-state index contributed by atoms with van der Waals surface area (Å²) in [6.07, 6.45) is 8.78. The van der Waals surface area contributed by atoms with Crippen LogP contribution in [-0.2, 0) is 6.42 Å². The van der Waals surface area contributed by atoms with Crippen molar-refractivity contribution in [1.29, 1.82) is 0 Å². The molecule has 3 rings (SSSR count). The molecule has 0 saturated heterocycles. The third kappa shape index (κ3) is 2.36. The molecule has 0 aromatic carbocycles. The van der Waals surface area contributed by atoms with E-state index in [1.807, 2.05) is 11.3 Å². The van der Waals surface area contributed by atoms with Crippen LogP contribution >= 0.6 is 11.3 Å². The van der Waals surface area contributed by atoms with Crippen LogP contribution in [0.25, 0.3) is 0 Å². The van der Waals surface area contributed by atoms with E-state index < -0.39 is 0 Å². The third-order valence-corrected chi connectivity index (χ3v) is 5.77. The predicted molar refractivity (Wildman–Crippen MR) is 76.0 cm³/mol. The van der Waals surface area contributed by atoms with Crippen molar-refractivity contribution in [1.82, 2.24) is 5.32 Å². The van der Waals surface area contributed by atoms with Gasteiger partial charge >= 0.3 is 0 Å². The fourth-order valence-electron chi connectivity index (χ4n) is 3.55. The molecule has 1 saturated carbocycles. The van der Waals surface area contributed by atoms with Crippen LogP contribution in [-0.4, -0.2) is 18.3 Å². The minimum absolute atomic E-state index is 0.174. The highest BCUT2D eigenvalue weighted by Crippen LogP contribution is 2.39. The molecule has 2 aliphatic carbocycles. The van der Waals surface area contributed by atoms with Gasteiger partial charge in [0.1, 0.15) is 0 Å². The van der Waals surface area contributed by atoms with Gasteiger partial charge in [-0.2, -0.15) is 0 Å². The Morgan fingerprint density at radius 3 is 2.94 bits per heavy atom. The van der Waals surface area contributed by atoms with E-state index in [1.54, 1.807) is 4.88 Å². The van der Waals surface area contributed by atoms with Crippen LogP contribution in [0.4, 0.5) is 0 Å². The summed E-state index contributed by atoms with van der Waals surface area (Å²) in [6.45, 7) is 1.34. The summed E-state index contributed by atoms with van der Waals surface area (Å²) in [7, 11) is 0. The molecule has 18 heavy (non-hydrogen) atoms. The number of hydrogen-bond acceptors (Lipinski definition) is 3. The van der Waals surface area contributed by atoms with E-state index in [1.165, 1.54) is 50.5 Å². The van der Waals surface area contributed by atoms with Crippen LogP contribution < -0.4 is 5.32 Å². The van der Waals surface area contributed by atoms with Crippen molar-refractivity contribution in [3.8, 4) is 0 Å². The monoisotopic (exact) mass is 265 g/mol. The van der Waals surface area contributed by atoms with Crippen LogP contribution in [0.15, 0.2) is 11.4 Å². The van der Waals surface area contributed by atoms with Crippen LogP contribution in [0.5, 0.6) is 0 Å². The first-order valence-electron chi connectivity index (χ1n) is 7.23. The average Bonchev–Trinajstić information content (AvgIpc) is 3.06. The molecule has 2 N–H and O–H groups in total. The van der Waals surface area contributed by atoms with Gasteiger partial charge in [0.25, 0.3) is 0 Å². The van der Waals surface area contributed by atoms with E-state index in [-0.39, 0.29) is 5.41 Å². The van der Waals surface area contributed by atoms with Gasteiger partial charge < -0.3 is 10.4 Å². The maximum atomic E-state index is 9.66. The van der Waals surface area contributed by atoms with E-state index >= 15 is 0 Å². The maximum Gasteiger partial charge on any atom is 0.0499 e. The molecule has 1 atom stereocenters. The van der Waals surface area contributed by atoms with Crippen molar-refractivity contribution in [2.24, 2.45) is 5.41 Å². The molecule has 2 aliphatic rings. The summed E-state index contributed by atoms with van der Waals surface area (Å²) in [5, 5.41) is 15.6. The summed E-state index contributed by atoms with van der Waals surface area (Å²) in [5.41, 5.74) is 1.70. The van der Waals surface area contributed by atoms with Gasteiger partial charge in [0, 0.05) is 29.5 Å². The van der Waals surface area contributed by atoms with Crippen molar-refractivity contribution in [2.45, 2.75) is 51.0 Å². The molecule has 0 amide bonds. The van der Waals surface area contributed by atoms with Gasteiger partial charge in [0.05, 0.1) is 0 Å². The standard InChI is InChI=1S/C15H23NOS/c17-11-15(7-1-2-8-15)10-16-13-4-3-5-14-12(13)6-9-18-14/h6,9,13,16-17H,1-5,7-8,10-11H2. The Labute approximate surface area is 113 Å². The summed E-state index contributed by atoms with van der Waals surface area (Å²) in [4.78, 5) is 1.57. The minimum Gasteiger partial charge on any atom is -0.396 e. The molecule has 0 bridgehead atoms. The smallest absolute Gasteiger partial charge is 0.0499 e. The summed E-state index contributed by atoms with van der Waals surface area (Å²) in [5.74, 6) is 0. The molecule has 0 spiro atoms. The van der Waals surface area contributed by atoms with Gasteiger partial charge in [-0.1, -0.05) is 12.8 Å². The van der Waals surface area contributed by atoms with Crippen LogP contribution in [0.1, 0.15) is 55.0 Å². The third-order valence-electron chi connectivity index (χ3n) is 4.78. The van der Waals surface area contributed by atoms with Crippen LogP contribution in [0.2, 0.25) is 0 Å². The first-order chi connectivity index (χ1) is 8.83. The number of fused-ring (bicyclic) bond motifs is 1. The lowest BCUT2D eigenvalue weighted by Gasteiger charge is -2.31. The van der Waals surface area contributed by atoms with E-state index in [2.05, 4.69) is 16.8 Å². The van der Waals surface area contributed by atoms with E-state index in [9.17, 15) is 5.11 Å². The molecular formula is C15H23NOS. The van der Waals surface area contributed by atoms with Gasteiger partial charge in [0.15, 0.2) is 0 Å². The normalized spacial score (nSPS) is 26.2.